The van der Waals surface area contributed by atoms with Gasteiger partial charge in [-0.1, -0.05) is 60.3 Å². The van der Waals surface area contributed by atoms with Gasteiger partial charge in [-0.3, -0.25) is 9.59 Å². The van der Waals surface area contributed by atoms with E-state index in [1.54, 1.807) is 31.3 Å². The van der Waals surface area contributed by atoms with Gasteiger partial charge in [-0.25, -0.2) is 17.8 Å². The van der Waals surface area contributed by atoms with Gasteiger partial charge in [-0.05, 0) is 54.8 Å². The molecule has 1 aromatic heterocycles. The number of tetrazole rings is 1. The second-order valence-corrected chi connectivity index (χ2v) is 13.5. The summed E-state index contributed by atoms with van der Waals surface area (Å²) in [7, 11) is -2.12. The highest BCUT2D eigenvalue weighted by Crippen LogP contribution is 2.18. The molecule has 0 saturated carbocycles. The first-order valence-corrected chi connectivity index (χ1v) is 15.8. The molecule has 0 aliphatic heterocycles. The summed E-state index contributed by atoms with van der Waals surface area (Å²) in [5.74, 6) is -0.870. The zero-order chi connectivity index (χ0) is 30.2. The van der Waals surface area contributed by atoms with Gasteiger partial charge in [0.25, 0.3) is 5.91 Å². The van der Waals surface area contributed by atoms with Crippen LogP contribution in [0.2, 0.25) is 0 Å². The Balaban J connectivity index is 1.84. The standard InChI is InChI=1S/C27H37N7O5S2/c1-27(2,3)29-24(36)20-14-10-9-13-19(20)16-23(35)21(15-18-11-7-6-8-12-18)28-25(37)22(31-41(5,38)39)17-40-26-30-32-33-34(26)4/h6-14,21-23,31,35H,15-17H2,1-5H3,(H,28,37)(H,29,36)/t21-,22+,23+/m0/s1. The van der Waals surface area contributed by atoms with E-state index in [-0.39, 0.29) is 24.5 Å². The van der Waals surface area contributed by atoms with Crippen molar-refractivity contribution in [2.75, 3.05) is 12.0 Å². The van der Waals surface area contributed by atoms with Crippen LogP contribution in [0.15, 0.2) is 59.8 Å². The molecule has 0 fully saturated rings. The number of aliphatic hydroxyl groups excluding tert-OH is 1. The van der Waals surface area contributed by atoms with Crippen LogP contribution in [0.4, 0.5) is 0 Å². The van der Waals surface area contributed by atoms with Crippen molar-refractivity contribution in [1.82, 2.24) is 35.6 Å². The molecule has 3 atom stereocenters. The van der Waals surface area contributed by atoms with Gasteiger partial charge >= 0.3 is 0 Å². The van der Waals surface area contributed by atoms with E-state index < -0.39 is 39.7 Å². The normalized spacial score (nSPS) is 14.2. The zero-order valence-electron chi connectivity index (χ0n) is 23.7. The van der Waals surface area contributed by atoms with E-state index in [2.05, 4.69) is 30.9 Å². The monoisotopic (exact) mass is 603 g/mol. The summed E-state index contributed by atoms with van der Waals surface area (Å²) in [5.41, 5.74) is 1.46. The Labute approximate surface area is 244 Å². The number of benzene rings is 2. The molecule has 3 rings (SSSR count). The highest BCUT2D eigenvalue weighted by atomic mass is 32.2. The molecule has 12 nitrogen and oxygen atoms in total. The first kappa shape index (κ1) is 32.2. The van der Waals surface area contributed by atoms with E-state index in [1.807, 2.05) is 51.1 Å². The average Bonchev–Trinajstić information content (AvgIpc) is 3.29. The third-order valence-corrected chi connectivity index (χ3v) is 7.72. The van der Waals surface area contributed by atoms with Crippen LogP contribution in [0, 0.1) is 0 Å². The summed E-state index contributed by atoms with van der Waals surface area (Å²) >= 11 is 1.11. The van der Waals surface area contributed by atoms with Crippen LogP contribution in [0.3, 0.4) is 0 Å². The van der Waals surface area contributed by atoms with Crippen LogP contribution >= 0.6 is 11.8 Å². The van der Waals surface area contributed by atoms with Gasteiger partial charge in [0.1, 0.15) is 6.04 Å². The Hall–Kier alpha value is -3.33. The van der Waals surface area contributed by atoms with Crippen molar-refractivity contribution in [1.29, 1.82) is 0 Å². The van der Waals surface area contributed by atoms with E-state index >= 15 is 0 Å². The average molecular weight is 604 g/mol. The molecule has 222 valence electrons. The Morgan fingerprint density at radius 1 is 1.05 bits per heavy atom. The third-order valence-electron chi connectivity index (χ3n) is 5.90. The van der Waals surface area contributed by atoms with Crippen LogP contribution < -0.4 is 15.4 Å². The largest absolute Gasteiger partial charge is 0.391 e. The maximum atomic E-state index is 13.5. The number of aryl methyl sites for hydroxylation is 1. The molecule has 0 aliphatic carbocycles. The molecule has 0 bridgehead atoms. The Kier molecular flexibility index (Phi) is 11.0. The van der Waals surface area contributed by atoms with Crippen molar-refractivity contribution in [3.05, 3.63) is 71.3 Å². The van der Waals surface area contributed by atoms with Gasteiger partial charge in [-0.15, -0.1) is 5.10 Å². The SMILES string of the molecule is Cn1nnnc1SC[C@@H](NS(C)(=O)=O)C(=O)N[C@@H](Cc1ccccc1)[C@H](O)Cc1ccccc1C(=O)NC(C)(C)C. The summed E-state index contributed by atoms with van der Waals surface area (Å²) in [5, 5.41) is 28.8. The van der Waals surface area contributed by atoms with Gasteiger partial charge < -0.3 is 15.7 Å². The third kappa shape index (κ3) is 10.5. The van der Waals surface area contributed by atoms with Crippen molar-refractivity contribution in [2.24, 2.45) is 7.05 Å². The number of carbonyl (C=O) groups excluding carboxylic acids is 2. The van der Waals surface area contributed by atoms with Crippen molar-refractivity contribution >= 4 is 33.6 Å². The molecule has 0 spiro atoms. The second kappa shape index (κ2) is 14.0. The number of thioether (sulfide) groups is 1. The zero-order valence-corrected chi connectivity index (χ0v) is 25.4. The fraction of sp³-hybridized carbons (Fsp3) is 0.444. The number of hydrogen-bond acceptors (Lipinski definition) is 9. The molecule has 0 radical (unpaired) electrons. The molecule has 2 amide bonds. The van der Waals surface area contributed by atoms with Gasteiger partial charge in [0.15, 0.2) is 0 Å². The molecule has 1 heterocycles. The van der Waals surface area contributed by atoms with Crippen LogP contribution in [-0.2, 0) is 34.7 Å². The van der Waals surface area contributed by atoms with Crippen LogP contribution in [0.25, 0.3) is 0 Å². The molecule has 4 N–H and O–H groups in total. The summed E-state index contributed by atoms with van der Waals surface area (Å²) < 4.78 is 28.0. The molecule has 2 aromatic carbocycles. The Bertz CT molecular complexity index is 1430. The molecular formula is C27H37N7O5S2. The highest BCUT2D eigenvalue weighted by Gasteiger charge is 2.29. The van der Waals surface area contributed by atoms with Gasteiger partial charge in [0, 0.05) is 30.3 Å². The number of rotatable bonds is 13. The van der Waals surface area contributed by atoms with E-state index in [0.717, 1.165) is 23.6 Å². The van der Waals surface area contributed by atoms with E-state index in [0.29, 0.717) is 16.3 Å². The number of sulfonamides is 1. The summed E-state index contributed by atoms with van der Waals surface area (Å²) in [4.78, 5) is 26.4. The minimum Gasteiger partial charge on any atom is -0.391 e. The summed E-state index contributed by atoms with van der Waals surface area (Å²) in [6, 6.07) is 14.4. The molecule has 14 heteroatoms. The summed E-state index contributed by atoms with van der Waals surface area (Å²) in [6.45, 7) is 5.65. The maximum Gasteiger partial charge on any atom is 0.251 e. The van der Waals surface area contributed by atoms with Crippen molar-refractivity contribution in [3.63, 3.8) is 0 Å². The molecular weight excluding hydrogens is 566 g/mol. The lowest BCUT2D eigenvalue weighted by Gasteiger charge is -2.28. The second-order valence-electron chi connectivity index (χ2n) is 10.8. The van der Waals surface area contributed by atoms with Crippen molar-refractivity contribution in [3.8, 4) is 0 Å². The van der Waals surface area contributed by atoms with Crippen LogP contribution in [-0.4, -0.2) is 81.3 Å². The lowest BCUT2D eigenvalue weighted by Crippen LogP contribution is -2.54. The van der Waals surface area contributed by atoms with E-state index in [1.165, 1.54) is 4.68 Å². The van der Waals surface area contributed by atoms with Crippen LogP contribution in [0.1, 0.15) is 42.3 Å². The van der Waals surface area contributed by atoms with Gasteiger partial charge in [0.05, 0.1) is 18.4 Å². The number of carbonyl (C=O) groups is 2. The number of nitrogens with one attached hydrogen (secondary N) is 3. The van der Waals surface area contributed by atoms with E-state index in [4.69, 9.17) is 0 Å². The number of aliphatic hydroxyl groups is 1. The molecule has 0 aliphatic rings. The Morgan fingerprint density at radius 2 is 1.71 bits per heavy atom. The first-order chi connectivity index (χ1) is 19.2. The molecule has 41 heavy (non-hydrogen) atoms. The maximum absolute atomic E-state index is 13.5. The molecule has 0 saturated heterocycles. The predicted molar refractivity (Wildman–Crippen MR) is 157 cm³/mol. The quantitative estimate of drug-likeness (QED) is 0.209. The summed E-state index contributed by atoms with van der Waals surface area (Å²) in [6.07, 6.45) is 0.222. The lowest BCUT2D eigenvalue weighted by atomic mass is 9.93. The first-order valence-electron chi connectivity index (χ1n) is 13.0. The lowest BCUT2D eigenvalue weighted by molar-refractivity contribution is -0.123. The van der Waals surface area contributed by atoms with E-state index in [9.17, 15) is 23.1 Å². The number of aromatic nitrogens is 4. The number of hydrogen-bond donors (Lipinski definition) is 4. The van der Waals surface area contributed by atoms with Crippen molar-refractivity contribution in [2.45, 2.75) is 62.5 Å². The minimum atomic E-state index is -3.75. The fourth-order valence-corrected chi connectivity index (χ4v) is 5.73. The van der Waals surface area contributed by atoms with Crippen LogP contribution in [0.5, 0.6) is 0 Å². The predicted octanol–water partition coefficient (Wildman–Crippen LogP) is 1.08. The molecule has 3 aromatic rings. The van der Waals surface area contributed by atoms with Gasteiger partial charge in [-0.2, -0.15) is 0 Å². The smallest absolute Gasteiger partial charge is 0.251 e. The molecule has 0 unspecified atom stereocenters. The van der Waals surface area contributed by atoms with Gasteiger partial charge in [0.2, 0.25) is 21.1 Å². The van der Waals surface area contributed by atoms with Crippen molar-refractivity contribution < 1.29 is 23.1 Å². The topological polar surface area (TPSA) is 168 Å². The fourth-order valence-electron chi connectivity index (χ4n) is 4.05. The number of nitrogens with zero attached hydrogens (tertiary/aromatic N) is 4. The minimum absolute atomic E-state index is 0.0110. The Morgan fingerprint density at radius 3 is 2.32 bits per heavy atom. The number of amides is 2. The highest BCUT2D eigenvalue weighted by molar-refractivity contribution is 7.99.